The summed E-state index contributed by atoms with van der Waals surface area (Å²) in [5.41, 5.74) is 5.55. The van der Waals surface area contributed by atoms with Crippen LogP contribution in [0.3, 0.4) is 0 Å². The third-order valence-electron chi connectivity index (χ3n) is 5.61. The van der Waals surface area contributed by atoms with Crippen LogP contribution in [-0.2, 0) is 11.2 Å². The van der Waals surface area contributed by atoms with Gasteiger partial charge in [0.2, 0.25) is 5.91 Å². The molecule has 0 spiro atoms. The van der Waals surface area contributed by atoms with Crippen LogP contribution in [0.4, 0.5) is 5.69 Å². The lowest BCUT2D eigenvalue weighted by Crippen LogP contribution is -2.38. The zero-order chi connectivity index (χ0) is 20.1. The molecule has 1 aliphatic rings. The van der Waals surface area contributed by atoms with Gasteiger partial charge in [-0.1, -0.05) is 6.92 Å². The van der Waals surface area contributed by atoms with Crippen molar-refractivity contribution in [3.8, 4) is 0 Å². The fraction of sp³-hybridized carbons (Fsp3) is 0.522. The predicted molar refractivity (Wildman–Crippen MR) is 113 cm³/mol. The van der Waals surface area contributed by atoms with Gasteiger partial charge in [0.25, 0.3) is 0 Å². The number of piperidine rings is 1. The van der Waals surface area contributed by atoms with E-state index in [1.807, 2.05) is 13.1 Å². The molecule has 0 aromatic carbocycles. The molecule has 1 amide bonds. The molecule has 5 nitrogen and oxygen atoms in total. The van der Waals surface area contributed by atoms with Crippen LogP contribution >= 0.6 is 0 Å². The average molecular weight is 381 g/mol. The first-order valence-corrected chi connectivity index (χ1v) is 10.4. The van der Waals surface area contributed by atoms with Gasteiger partial charge >= 0.3 is 0 Å². The molecular formula is C23H32N4O. The van der Waals surface area contributed by atoms with Gasteiger partial charge < -0.3 is 5.32 Å². The third-order valence-corrected chi connectivity index (χ3v) is 5.61. The minimum atomic E-state index is 0.0209. The molecule has 28 heavy (non-hydrogen) atoms. The lowest BCUT2D eigenvalue weighted by molar-refractivity contribution is -0.115. The molecule has 5 heteroatoms. The standard InChI is InChI=1S/C23H32N4O/c1-5-23(28)26-22-12-21(13-24-14-22)18(4)27-8-6-7-19(15-27)11-20-9-16(2)25-17(3)10-20/h9-10,12-14,18-19H,5-8,11,15H2,1-4H3,(H,26,28)/t18?,19-/m1/s1. The van der Waals surface area contributed by atoms with E-state index in [0.29, 0.717) is 12.3 Å². The van der Waals surface area contributed by atoms with Gasteiger partial charge in [0, 0.05) is 36.6 Å². The van der Waals surface area contributed by atoms with Crippen molar-refractivity contribution in [2.75, 3.05) is 18.4 Å². The van der Waals surface area contributed by atoms with Crippen molar-refractivity contribution >= 4 is 11.6 Å². The van der Waals surface area contributed by atoms with Crippen LogP contribution in [-0.4, -0.2) is 33.9 Å². The van der Waals surface area contributed by atoms with Gasteiger partial charge in [-0.05, 0) is 81.8 Å². The predicted octanol–water partition coefficient (Wildman–Crippen LogP) is 4.46. The van der Waals surface area contributed by atoms with Gasteiger partial charge in [-0.2, -0.15) is 0 Å². The van der Waals surface area contributed by atoms with Gasteiger partial charge in [-0.25, -0.2) is 0 Å². The zero-order valence-electron chi connectivity index (χ0n) is 17.5. The fourth-order valence-corrected chi connectivity index (χ4v) is 4.20. The summed E-state index contributed by atoms with van der Waals surface area (Å²) in [6.07, 6.45) is 7.72. The minimum Gasteiger partial charge on any atom is -0.325 e. The molecule has 1 fully saturated rings. The summed E-state index contributed by atoms with van der Waals surface area (Å²) < 4.78 is 0. The second kappa shape index (κ2) is 9.28. The van der Waals surface area contributed by atoms with Crippen LogP contribution in [0, 0.1) is 19.8 Å². The summed E-state index contributed by atoms with van der Waals surface area (Å²) in [5, 5.41) is 2.92. The minimum absolute atomic E-state index is 0.0209. The van der Waals surface area contributed by atoms with Crippen LogP contribution in [0.5, 0.6) is 0 Å². The van der Waals surface area contributed by atoms with E-state index in [1.165, 1.54) is 18.4 Å². The Kier molecular flexibility index (Phi) is 6.79. The number of hydrogen-bond acceptors (Lipinski definition) is 4. The van der Waals surface area contributed by atoms with E-state index < -0.39 is 0 Å². The molecule has 2 aromatic heterocycles. The van der Waals surface area contributed by atoms with Crippen LogP contribution in [0.1, 0.15) is 61.7 Å². The number of pyridine rings is 2. The first-order valence-electron chi connectivity index (χ1n) is 10.4. The topological polar surface area (TPSA) is 58.1 Å². The van der Waals surface area contributed by atoms with E-state index in [1.54, 1.807) is 6.20 Å². The molecule has 2 atom stereocenters. The van der Waals surface area contributed by atoms with Crippen molar-refractivity contribution in [2.24, 2.45) is 5.92 Å². The first kappa shape index (κ1) is 20.5. The molecule has 0 radical (unpaired) electrons. The first-order chi connectivity index (χ1) is 13.4. The van der Waals surface area contributed by atoms with Gasteiger partial charge in [-0.3, -0.25) is 19.7 Å². The molecule has 1 unspecified atom stereocenters. The number of nitrogens with one attached hydrogen (secondary N) is 1. The van der Waals surface area contributed by atoms with Gasteiger partial charge in [0.05, 0.1) is 11.9 Å². The number of likely N-dealkylation sites (tertiary alicyclic amines) is 1. The smallest absolute Gasteiger partial charge is 0.224 e. The number of aryl methyl sites for hydroxylation is 2. The van der Waals surface area contributed by atoms with Gasteiger partial charge in [-0.15, -0.1) is 0 Å². The third kappa shape index (κ3) is 5.38. The van der Waals surface area contributed by atoms with E-state index in [2.05, 4.69) is 59.2 Å². The second-order valence-corrected chi connectivity index (χ2v) is 8.05. The SMILES string of the molecule is CCC(=O)Nc1cncc(C(C)N2CCC[C@H](Cc3cc(C)nc(C)c3)C2)c1. The summed E-state index contributed by atoms with van der Waals surface area (Å²) in [4.78, 5) is 23.1. The molecule has 3 heterocycles. The maximum atomic E-state index is 11.7. The fourth-order valence-electron chi connectivity index (χ4n) is 4.20. The van der Waals surface area contributed by atoms with Crippen molar-refractivity contribution in [1.82, 2.24) is 14.9 Å². The van der Waals surface area contributed by atoms with Gasteiger partial charge in [0.1, 0.15) is 0 Å². The Balaban J connectivity index is 1.66. The highest BCUT2D eigenvalue weighted by atomic mass is 16.1. The number of hydrogen-bond donors (Lipinski definition) is 1. The van der Waals surface area contributed by atoms with Crippen molar-refractivity contribution in [1.29, 1.82) is 0 Å². The maximum Gasteiger partial charge on any atom is 0.224 e. The Bertz CT molecular complexity index is 800. The normalized spacial score (nSPS) is 18.6. The summed E-state index contributed by atoms with van der Waals surface area (Å²) in [6, 6.07) is 6.79. The van der Waals surface area contributed by atoms with Crippen LogP contribution < -0.4 is 5.32 Å². The summed E-state index contributed by atoms with van der Waals surface area (Å²) in [5.74, 6) is 0.681. The van der Waals surface area contributed by atoms with Crippen LogP contribution in [0.15, 0.2) is 30.6 Å². The molecule has 0 aliphatic carbocycles. The molecule has 1 saturated heterocycles. The van der Waals surface area contributed by atoms with Crippen molar-refractivity contribution in [3.63, 3.8) is 0 Å². The largest absolute Gasteiger partial charge is 0.325 e. The van der Waals surface area contributed by atoms with Crippen molar-refractivity contribution < 1.29 is 4.79 Å². The second-order valence-electron chi connectivity index (χ2n) is 8.05. The zero-order valence-corrected chi connectivity index (χ0v) is 17.5. The average Bonchev–Trinajstić information content (AvgIpc) is 2.67. The lowest BCUT2D eigenvalue weighted by Gasteiger charge is -2.37. The van der Waals surface area contributed by atoms with E-state index in [0.717, 1.165) is 42.1 Å². The number of rotatable bonds is 6. The quantitative estimate of drug-likeness (QED) is 0.804. The van der Waals surface area contributed by atoms with E-state index in [9.17, 15) is 4.79 Å². The Morgan fingerprint density at radius 2 is 2.00 bits per heavy atom. The Morgan fingerprint density at radius 3 is 2.71 bits per heavy atom. The van der Waals surface area contributed by atoms with Crippen molar-refractivity contribution in [3.05, 3.63) is 53.1 Å². The molecule has 2 aromatic rings. The van der Waals surface area contributed by atoms with Crippen LogP contribution in [0.2, 0.25) is 0 Å². The number of carbonyl (C=O) groups excluding carboxylic acids is 1. The highest BCUT2D eigenvalue weighted by Gasteiger charge is 2.25. The summed E-state index contributed by atoms with van der Waals surface area (Å²) in [6.45, 7) is 10.4. The summed E-state index contributed by atoms with van der Waals surface area (Å²) in [7, 11) is 0. The molecule has 0 bridgehead atoms. The molecule has 1 aliphatic heterocycles. The number of nitrogens with zero attached hydrogens (tertiary/aromatic N) is 3. The molecule has 1 N–H and O–H groups in total. The highest BCUT2D eigenvalue weighted by Crippen LogP contribution is 2.29. The Hall–Kier alpha value is -2.27. The highest BCUT2D eigenvalue weighted by molar-refractivity contribution is 5.90. The number of carbonyl (C=O) groups is 1. The molecule has 3 rings (SSSR count). The van der Waals surface area contributed by atoms with E-state index in [4.69, 9.17) is 0 Å². The maximum absolute atomic E-state index is 11.7. The lowest BCUT2D eigenvalue weighted by atomic mass is 9.90. The monoisotopic (exact) mass is 380 g/mol. The van der Waals surface area contributed by atoms with E-state index in [-0.39, 0.29) is 11.9 Å². The molecule has 0 saturated carbocycles. The Morgan fingerprint density at radius 1 is 1.25 bits per heavy atom. The van der Waals surface area contributed by atoms with Crippen molar-refractivity contribution in [2.45, 2.75) is 59.4 Å². The number of amides is 1. The number of aromatic nitrogens is 2. The molecule has 150 valence electrons. The number of anilines is 1. The molecular weight excluding hydrogens is 348 g/mol. The Labute approximate surface area is 168 Å². The van der Waals surface area contributed by atoms with Crippen LogP contribution in [0.25, 0.3) is 0 Å². The van der Waals surface area contributed by atoms with Gasteiger partial charge in [0.15, 0.2) is 0 Å². The van der Waals surface area contributed by atoms with E-state index >= 15 is 0 Å². The summed E-state index contributed by atoms with van der Waals surface area (Å²) >= 11 is 0.